The third-order valence-electron chi connectivity index (χ3n) is 4.65. The van der Waals surface area contributed by atoms with Gasteiger partial charge in [0.1, 0.15) is 5.65 Å². The van der Waals surface area contributed by atoms with Gasteiger partial charge in [-0.05, 0) is 35.9 Å². The van der Waals surface area contributed by atoms with E-state index in [0.29, 0.717) is 44.7 Å². The summed E-state index contributed by atoms with van der Waals surface area (Å²) in [5.74, 6) is -0.853. The number of hydrogen-bond donors (Lipinski definition) is 4. The average molecular weight is 397 g/mol. The van der Waals surface area contributed by atoms with Gasteiger partial charge >= 0.3 is 0 Å². The summed E-state index contributed by atoms with van der Waals surface area (Å²) in [6, 6.07) is 17.6. The van der Waals surface area contributed by atoms with Crippen molar-refractivity contribution in [1.82, 2.24) is 9.97 Å². The van der Waals surface area contributed by atoms with Gasteiger partial charge in [-0.1, -0.05) is 36.4 Å². The molecule has 6 N–H and O–H groups in total. The lowest BCUT2D eigenvalue weighted by Crippen LogP contribution is -2.13. The summed E-state index contributed by atoms with van der Waals surface area (Å²) in [5.41, 5.74) is 15.2. The van der Waals surface area contributed by atoms with Crippen LogP contribution in [0.2, 0.25) is 0 Å². The number of carbonyl (C=O) groups is 2. The van der Waals surface area contributed by atoms with Crippen LogP contribution in [0.15, 0.2) is 73.1 Å². The highest BCUT2D eigenvalue weighted by Gasteiger charge is 2.15. The molecule has 0 atom stereocenters. The van der Waals surface area contributed by atoms with E-state index in [1.54, 1.807) is 48.8 Å². The van der Waals surface area contributed by atoms with Gasteiger partial charge in [0, 0.05) is 40.2 Å². The lowest BCUT2D eigenvalue weighted by Gasteiger charge is -2.09. The predicted octanol–water partition coefficient (Wildman–Crippen LogP) is 3.42. The summed E-state index contributed by atoms with van der Waals surface area (Å²) < 4.78 is 0. The van der Waals surface area contributed by atoms with Gasteiger partial charge in [-0.25, -0.2) is 4.98 Å². The zero-order chi connectivity index (χ0) is 21.1. The van der Waals surface area contributed by atoms with Crippen molar-refractivity contribution < 1.29 is 9.59 Å². The van der Waals surface area contributed by atoms with Crippen LogP contribution in [-0.4, -0.2) is 21.8 Å². The van der Waals surface area contributed by atoms with E-state index in [1.807, 2.05) is 30.3 Å². The molecule has 0 fully saturated rings. The van der Waals surface area contributed by atoms with Crippen molar-refractivity contribution in [2.75, 3.05) is 11.1 Å². The number of anilines is 2. The summed E-state index contributed by atoms with van der Waals surface area (Å²) >= 11 is 0. The lowest BCUT2D eigenvalue weighted by molar-refractivity contribution is -0.112. The summed E-state index contributed by atoms with van der Waals surface area (Å²) in [7, 11) is 0. The van der Waals surface area contributed by atoms with Gasteiger partial charge in [-0.15, -0.1) is 0 Å². The molecule has 0 spiro atoms. The predicted molar refractivity (Wildman–Crippen MR) is 118 cm³/mol. The fourth-order valence-corrected chi connectivity index (χ4v) is 3.24. The second-order valence-electron chi connectivity index (χ2n) is 6.69. The van der Waals surface area contributed by atoms with E-state index >= 15 is 0 Å². The zero-order valence-electron chi connectivity index (χ0n) is 15.9. The van der Waals surface area contributed by atoms with Crippen molar-refractivity contribution in [2.24, 2.45) is 5.73 Å². The zero-order valence-corrected chi connectivity index (χ0v) is 15.9. The number of amides is 2. The number of carbonyl (C=O) groups excluding carboxylic acids is 2. The molecule has 7 heteroatoms. The smallest absolute Gasteiger partial charge is 0.255 e. The van der Waals surface area contributed by atoms with Gasteiger partial charge in [0.05, 0.1) is 5.69 Å². The minimum Gasteiger partial charge on any atom is -0.399 e. The lowest BCUT2D eigenvalue weighted by atomic mass is 10.0. The van der Waals surface area contributed by atoms with Crippen molar-refractivity contribution in [3.8, 4) is 0 Å². The maximum Gasteiger partial charge on any atom is 0.255 e. The van der Waals surface area contributed by atoms with Crippen LogP contribution in [-0.2, 0) is 4.79 Å². The normalized spacial score (nSPS) is 11.4. The number of hydrogen-bond acceptors (Lipinski definition) is 4. The summed E-state index contributed by atoms with van der Waals surface area (Å²) in [4.78, 5) is 32.2. The molecule has 0 saturated carbocycles. The third-order valence-corrected chi connectivity index (χ3v) is 4.65. The van der Waals surface area contributed by atoms with Gasteiger partial charge in [0.25, 0.3) is 5.91 Å². The molecule has 0 saturated heterocycles. The Bertz CT molecular complexity index is 1280. The van der Waals surface area contributed by atoms with Crippen LogP contribution in [0.4, 0.5) is 11.4 Å². The maximum absolute atomic E-state index is 12.7. The van der Waals surface area contributed by atoms with Crippen molar-refractivity contribution >= 4 is 45.9 Å². The van der Waals surface area contributed by atoms with Crippen molar-refractivity contribution in [3.63, 3.8) is 0 Å². The Morgan fingerprint density at radius 2 is 1.77 bits per heavy atom. The number of aromatic nitrogens is 2. The number of rotatable bonds is 5. The van der Waals surface area contributed by atoms with Crippen molar-refractivity contribution in [1.29, 1.82) is 0 Å². The molecule has 2 heterocycles. The molecule has 7 nitrogen and oxygen atoms in total. The number of primary amides is 1. The molecule has 0 aliphatic carbocycles. The Balaban J connectivity index is 1.78. The first kappa shape index (κ1) is 18.9. The number of nitrogens with one attached hydrogen (secondary N) is 2. The number of aromatic amines is 1. The van der Waals surface area contributed by atoms with E-state index in [1.165, 1.54) is 0 Å². The second-order valence-corrected chi connectivity index (χ2v) is 6.69. The highest BCUT2D eigenvalue weighted by molar-refractivity contribution is 6.24. The second kappa shape index (κ2) is 7.92. The highest BCUT2D eigenvalue weighted by atomic mass is 16.2. The Morgan fingerprint density at radius 1 is 1.00 bits per heavy atom. The number of H-pyrrole nitrogens is 1. The van der Waals surface area contributed by atoms with E-state index in [4.69, 9.17) is 11.5 Å². The molecular weight excluding hydrogens is 378 g/mol. The van der Waals surface area contributed by atoms with Gasteiger partial charge in [-0.3, -0.25) is 9.59 Å². The fourth-order valence-electron chi connectivity index (χ4n) is 3.24. The molecule has 2 aromatic carbocycles. The minimum atomic E-state index is -0.551. The SMILES string of the molecule is NC(=O)C(=Cc1c[nH]c2nccc(NC(=O)c3cccc(N)c3)c12)c1ccccc1. The van der Waals surface area contributed by atoms with E-state index < -0.39 is 5.91 Å². The van der Waals surface area contributed by atoms with Crippen LogP contribution < -0.4 is 16.8 Å². The molecule has 4 rings (SSSR count). The number of pyridine rings is 1. The molecule has 2 aromatic heterocycles. The van der Waals surface area contributed by atoms with Crippen LogP contribution in [0, 0.1) is 0 Å². The summed E-state index contributed by atoms with van der Waals surface area (Å²) in [5, 5.41) is 3.57. The molecule has 0 aliphatic rings. The average Bonchev–Trinajstić information content (AvgIpc) is 3.16. The quantitative estimate of drug-likeness (QED) is 0.304. The molecule has 0 bridgehead atoms. The summed E-state index contributed by atoms with van der Waals surface area (Å²) in [6.45, 7) is 0. The highest BCUT2D eigenvalue weighted by Crippen LogP contribution is 2.29. The van der Waals surface area contributed by atoms with Crippen LogP contribution >= 0.6 is 0 Å². The number of benzene rings is 2. The van der Waals surface area contributed by atoms with Crippen LogP contribution in [0.1, 0.15) is 21.5 Å². The van der Waals surface area contributed by atoms with Crippen LogP contribution in [0.5, 0.6) is 0 Å². The topological polar surface area (TPSA) is 127 Å². The molecule has 0 radical (unpaired) electrons. The number of nitrogens with zero attached hydrogens (tertiary/aromatic N) is 1. The van der Waals surface area contributed by atoms with Gasteiger partial charge in [0.15, 0.2) is 0 Å². The molecule has 2 amide bonds. The van der Waals surface area contributed by atoms with Crippen LogP contribution in [0.3, 0.4) is 0 Å². The van der Waals surface area contributed by atoms with E-state index in [2.05, 4.69) is 15.3 Å². The molecule has 30 heavy (non-hydrogen) atoms. The molecular formula is C23H19N5O2. The van der Waals surface area contributed by atoms with Crippen molar-refractivity contribution in [3.05, 3.63) is 89.7 Å². The van der Waals surface area contributed by atoms with Gasteiger partial charge in [-0.2, -0.15) is 0 Å². The van der Waals surface area contributed by atoms with E-state index in [-0.39, 0.29) is 5.91 Å². The standard InChI is InChI=1S/C23H19N5O2/c24-17-8-4-7-15(11-17)23(30)28-19-9-10-26-22-20(19)16(13-27-22)12-18(21(25)29)14-5-2-1-3-6-14/h1-13H,24H2,(H2,25,29)(H2,26,27,28,30). The molecule has 148 valence electrons. The van der Waals surface area contributed by atoms with E-state index in [0.717, 1.165) is 0 Å². The number of nitrogen functional groups attached to an aromatic ring is 1. The molecule has 0 aliphatic heterocycles. The van der Waals surface area contributed by atoms with Crippen LogP contribution in [0.25, 0.3) is 22.7 Å². The monoisotopic (exact) mass is 397 g/mol. The van der Waals surface area contributed by atoms with E-state index in [9.17, 15) is 9.59 Å². The fraction of sp³-hybridized carbons (Fsp3) is 0. The summed E-state index contributed by atoms with van der Waals surface area (Å²) in [6.07, 6.45) is 5.00. The molecule has 4 aromatic rings. The first-order valence-electron chi connectivity index (χ1n) is 9.23. The first-order chi connectivity index (χ1) is 14.5. The minimum absolute atomic E-state index is 0.302. The van der Waals surface area contributed by atoms with Gasteiger partial charge in [0.2, 0.25) is 5.91 Å². The third kappa shape index (κ3) is 3.77. The Kier molecular flexibility index (Phi) is 5.00. The maximum atomic E-state index is 12.7. The number of fused-ring (bicyclic) bond motifs is 1. The Morgan fingerprint density at radius 3 is 2.50 bits per heavy atom. The molecule has 0 unspecified atom stereocenters. The first-order valence-corrected chi connectivity index (χ1v) is 9.23. The van der Waals surface area contributed by atoms with Gasteiger partial charge < -0.3 is 21.8 Å². The Labute approximate surface area is 172 Å². The Hall–Kier alpha value is -4.39. The van der Waals surface area contributed by atoms with Crippen molar-refractivity contribution in [2.45, 2.75) is 0 Å². The largest absolute Gasteiger partial charge is 0.399 e. The number of nitrogens with two attached hydrogens (primary N) is 2.